The quantitative estimate of drug-likeness (QED) is 0.491. The Morgan fingerprint density at radius 2 is 1.84 bits per heavy atom. The summed E-state index contributed by atoms with van der Waals surface area (Å²) in [5, 5.41) is 5.53. The number of nitrogens with two attached hydrogens (primary N) is 3. The van der Waals surface area contributed by atoms with Crippen molar-refractivity contribution < 1.29 is 14.3 Å². The maximum atomic E-state index is 12.5. The smallest absolute Gasteiger partial charge is 0.317 e. The molecule has 0 bridgehead atoms. The lowest BCUT2D eigenvalue weighted by Crippen LogP contribution is -2.50. The van der Waals surface area contributed by atoms with Gasteiger partial charge in [0.15, 0.2) is 0 Å². The van der Waals surface area contributed by atoms with Gasteiger partial charge in [-0.2, -0.15) is 0 Å². The van der Waals surface area contributed by atoms with Crippen LogP contribution in [0.2, 0.25) is 0 Å². The molecule has 0 aliphatic carbocycles. The van der Waals surface area contributed by atoms with E-state index in [2.05, 4.69) is 10.6 Å². The van der Waals surface area contributed by atoms with E-state index in [0.29, 0.717) is 10.6 Å². The summed E-state index contributed by atoms with van der Waals surface area (Å²) in [6.07, 6.45) is -0.698. The zero-order valence-electron chi connectivity index (χ0n) is 13.9. The van der Waals surface area contributed by atoms with E-state index in [1.165, 1.54) is 11.3 Å². The Morgan fingerprint density at radius 3 is 2.36 bits per heavy atom. The Bertz CT molecular complexity index is 758. The Kier molecular flexibility index (Phi) is 5.97. The summed E-state index contributed by atoms with van der Waals surface area (Å²) >= 11 is 1.24. The Hall–Kier alpha value is -2.62. The van der Waals surface area contributed by atoms with Gasteiger partial charge in [0.25, 0.3) is 5.91 Å². The van der Waals surface area contributed by atoms with Gasteiger partial charge in [-0.25, -0.2) is 4.79 Å². The fourth-order valence-corrected chi connectivity index (χ4v) is 3.11. The van der Waals surface area contributed by atoms with E-state index in [4.69, 9.17) is 21.9 Å². The summed E-state index contributed by atoms with van der Waals surface area (Å²) in [6.45, 7) is 1.69. The number of urea groups is 1. The maximum absolute atomic E-state index is 12.5. The lowest BCUT2D eigenvalue weighted by atomic mass is 10.1. The average Bonchev–Trinajstić information content (AvgIpc) is 2.97. The summed E-state index contributed by atoms with van der Waals surface area (Å²) in [6, 6.07) is 7.84. The fraction of sp³-hybridized carbons (Fsp3) is 0.250. The Balaban J connectivity index is 2.35. The average molecular weight is 363 g/mol. The minimum atomic E-state index is -0.749. The number of ether oxygens (including phenoxy) is 1. The highest BCUT2D eigenvalue weighted by Gasteiger charge is 2.20. The molecule has 134 valence electrons. The van der Waals surface area contributed by atoms with E-state index in [1.54, 1.807) is 20.1 Å². The Labute approximate surface area is 149 Å². The molecule has 0 spiro atoms. The van der Waals surface area contributed by atoms with Crippen LogP contribution in [-0.2, 0) is 0 Å². The fourth-order valence-electron chi connectivity index (χ4n) is 2.04. The third-order valence-electron chi connectivity index (χ3n) is 3.52. The number of primary amides is 1. The molecule has 2 rings (SSSR count). The van der Waals surface area contributed by atoms with E-state index in [-0.39, 0.29) is 0 Å². The number of carbonyl (C=O) groups is 2. The van der Waals surface area contributed by atoms with Gasteiger partial charge >= 0.3 is 6.03 Å². The van der Waals surface area contributed by atoms with Gasteiger partial charge in [-0.15, -0.1) is 11.3 Å². The molecule has 0 fully saturated rings. The molecule has 1 aromatic heterocycles. The molecule has 8 N–H and O–H groups in total. The molecule has 8 nitrogen and oxygen atoms in total. The van der Waals surface area contributed by atoms with Crippen LogP contribution in [0.1, 0.15) is 17.3 Å². The number of amides is 3. The van der Waals surface area contributed by atoms with Crippen LogP contribution >= 0.6 is 11.3 Å². The number of hydrogen-bond acceptors (Lipinski definition) is 6. The number of anilines is 1. The van der Waals surface area contributed by atoms with E-state index in [9.17, 15) is 9.59 Å². The number of rotatable bonds is 6. The number of nitrogens with one attached hydrogen (secondary N) is 2. The topological polar surface area (TPSA) is 145 Å². The summed E-state index contributed by atoms with van der Waals surface area (Å²) < 4.78 is 5.13. The number of hydrogen-bond donors (Lipinski definition) is 5. The van der Waals surface area contributed by atoms with E-state index in [1.807, 2.05) is 24.3 Å². The van der Waals surface area contributed by atoms with Crippen molar-refractivity contribution in [3.8, 4) is 16.2 Å². The predicted molar refractivity (Wildman–Crippen MR) is 98.6 cm³/mol. The van der Waals surface area contributed by atoms with Crippen LogP contribution in [0.25, 0.3) is 10.4 Å². The SMILES string of the molecule is COc1ccc(-c2cc(C(=O)NC(C)C(N)N)c(NC(N)=O)s2)cc1. The van der Waals surface area contributed by atoms with Gasteiger partial charge in [0.1, 0.15) is 10.8 Å². The van der Waals surface area contributed by atoms with Gasteiger partial charge in [0.05, 0.1) is 24.9 Å². The highest BCUT2D eigenvalue weighted by atomic mass is 32.1. The number of thiophene rings is 1. The zero-order chi connectivity index (χ0) is 18.6. The summed E-state index contributed by atoms with van der Waals surface area (Å²) in [5.41, 5.74) is 17.5. The van der Waals surface area contributed by atoms with Crippen LogP contribution in [0.3, 0.4) is 0 Å². The van der Waals surface area contributed by atoms with Crippen molar-refractivity contribution in [2.75, 3.05) is 12.4 Å². The van der Waals surface area contributed by atoms with E-state index >= 15 is 0 Å². The van der Waals surface area contributed by atoms with Gasteiger partial charge in [-0.05, 0) is 42.8 Å². The predicted octanol–water partition coefficient (Wildman–Crippen LogP) is 1.28. The van der Waals surface area contributed by atoms with Crippen molar-refractivity contribution in [3.63, 3.8) is 0 Å². The lowest BCUT2D eigenvalue weighted by molar-refractivity contribution is 0.0936. The lowest BCUT2D eigenvalue weighted by Gasteiger charge is -2.17. The van der Waals surface area contributed by atoms with Crippen molar-refractivity contribution in [1.29, 1.82) is 0 Å². The first kappa shape index (κ1) is 18.7. The molecule has 0 aliphatic rings. The second-order valence-corrected chi connectivity index (χ2v) is 6.46. The molecular formula is C16H21N5O3S. The molecule has 3 amide bonds. The maximum Gasteiger partial charge on any atom is 0.317 e. The van der Waals surface area contributed by atoms with Crippen LogP contribution < -0.4 is 32.6 Å². The molecule has 1 unspecified atom stereocenters. The second kappa shape index (κ2) is 7.97. The number of benzene rings is 1. The van der Waals surface area contributed by atoms with Crippen LogP contribution in [0.15, 0.2) is 30.3 Å². The van der Waals surface area contributed by atoms with Crippen LogP contribution in [0.4, 0.5) is 9.80 Å². The molecular weight excluding hydrogens is 342 g/mol. The summed E-state index contributed by atoms with van der Waals surface area (Å²) in [4.78, 5) is 24.5. The van der Waals surface area contributed by atoms with Crippen LogP contribution in [0.5, 0.6) is 5.75 Å². The summed E-state index contributed by atoms with van der Waals surface area (Å²) in [5.74, 6) is 0.327. The molecule has 0 saturated heterocycles. The number of methoxy groups -OCH3 is 1. The normalized spacial score (nSPS) is 11.9. The molecule has 1 atom stereocenters. The third kappa shape index (κ3) is 4.69. The standard InChI is InChI=1S/C16H21N5O3S/c1-8(13(17)18)20-14(22)11-7-12(25-15(11)21-16(19)23)9-3-5-10(24-2)6-4-9/h3-8,13H,17-18H2,1-2H3,(H,20,22)(H3,19,21,23). The van der Waals surface area contributed by atoms with Gasteiger partial charge in [0.2, 0.25) is 0 Å². The molecule has 1 heterocycles. The monoisotopic (exact) mass is 363 g/mol. The van der Waals surface area contributed by atoms with Crippen LogP contribution in [0, 0.1) is 0 Å². The first-order valence-electron chi connectivity index (χ1n) is 7.48. The second-order valence-electron chi connectivity index (χ2n) is 5.41. The van der Waals surface area contributed by atoms with Gasteiger partial charge in [-0.3, -0.25) is 10.1 Å². The molecule has 25 heavy (non-hydrogen) atoms. The third-order valence-corrected chi connectivity index (χ3v) is 4.62. The van der Waals surface area contributed by atoms with Crippen molar-refractivity contribution in [3.05, 3.63) is 35.9 Å². The minimum Gasteiger partial charge on any atom is -0.497 e. The molecule has 0 aliphatic heterocycles. The van der Waals surface area contributed by atoms with Crippen molar-refractivity contribution in [1.82, 2.24) is 5.32 Å². The molecule has 1 aromatic carbocycles. The molecule has 0 saturated carbocycles. The van der Waals surface area contributed by atoms with Crippen molar-refractivity contribution in [2.45, 2.75) is 19.1 Å². The minimum absolute atomic E-state index is 0.294. The Morgan fingerprint density at radius 1 is 1.20 bits per heavy atom. The molecule has 2 aromatic rings. The largest absolute Gasteiger partial charge is 0.497 e. The zero-order valence-corrected chi connectivity index (χ0v) is 14.7. The molecule has 0 radical (unpaired) electrons. The summed E-state index contributed by atoms with van der Waals surface area (Å²) in [7, 11) is 1.58. The number of carbonyl (C=O) groups excluding carboxylic acids is 2. The van der Waals surface area contributed by atoms with Crippen molar-refractivity contribution in [2.24, 2.45) is 17.2 Å². The highest BCUT2D eigenvalue weighted by Crippen LogP contribution is 2.36. The first-order chi connectivity index (χ1) is 11.8. The van der Waals surface area contributed by atoms with Gasteiger partial charge in [0, 0.05) is 4.88 Å². The van der Waals surface area contributed by atoms with E-state index < -0.39 is 24.1 Å². The molecule has 9 heteroatoms. The first-order valence-corrected chi connectivity index (χ1v) is 8.30. The highest BCUT2D eigenvalue weighted by molar-refractivity contribution is 7.20. The van der Waals surface area contributed by atoms with Crippen LogP contribution in [-0.4, -0.2) is 31.3 Å². The van der Waals surface area contributed by atoms with Gasteiger partial charge in [-0.1, -0.05) is 0 Å². The van der Waals surface area contributed by atoms with E-state index in [0.717, 1.165) is 16.2 Å². The van der Waals surface area contributed by atoms with Gasteiger partial charge < -0.3 is 27.3 Å². The van der Waals surface area contributed by atoms with Crippen molar-refractivity contribution >= 4 is 28.3 Å².